The van der Waals surface area contributed by atoms with Gasteiger partial charge in [0.05, 0.1) is 6.10 Å². The predicted octanol–water partition coefficient (Wildman–Crippen LogP) is 1.78. The standard InChI is InChI=1S/C11H15F2NO/c1-8(15)6-14(2)7-9-3-10(12)5-11(13)4-9/h3-5,8,15H,6-7H2,1-2H3. The van der Waals surface area contributed by atoms with Crippen LogP contribution in [0.4, 0.5) is 8.78 Å². The summed E-state index contributed by atoms with van der Waals surface area (Å²) in [6.07, 6.45) is -0.451. The van der Waals surface area contributed by atoms with Gasteiger partial charge in [0, 0.05) is 19.2 Å². The van der Waals surface area contributed by atoms with Gasteiger partial charge in [0.2, 0.25) is 0 Å². The van der Waals surface area contributed by atoms with E-state index in [-0.39, 0.29) is 0 Å². The molecule has 0 heterocycles. The molecule has 15 heavy (non-hydrogen) atoms. The molecule has 0 fully saturated rings. The summed E-state index contributed by atoms with van der Waals surface area (Å²) >= 11 is 0. The lowest BCUT2D eigenvalue weighted by Crippen LogP contribution is -2.26. The first-order valence-corrected chi connectivity index (χ1v) is 4.79. The Morgan fingerprint density at radius 3 is 2.27 bits per heavy atom. The summed E-state index contributed by atoms with van der Waals surface area (Å²) in [5, 5.41) is 9.12. The summed E-state index contributed by atoms with van der Waals surface area (Å²) in [5.41, 5.74) is 0.565. The van der Waals surface area contributed by atoms with Gasteiger partial charge in [0.25, 0.3) is 0 Å². The van der Waals surface area contributed by atoms with Gasteiger partial charge in [0.1, 0.15) is 11.6 Å². The third-order valence-corrected chi connectivity index (χ3v) is 1.95. The van der Waals surface area contributed by atoms with Gasteiger partial charge in [-0.3, -0.25) is 4.90 Å². The van der Waals surface area contributed by atoms with Gasteiger partial charge in [-0.15, -0.1) is 0 Å². The van der Waals surface area contributed by atoms with E-state index in [0.717, 1.165) is 6.07 Å². The lowest BCUT2D eigenvalue weighted by atomic mass is 10.2. The van der Waals surface area contributed by atoms with Crippen molar-refractivity contribution in [1.29, 1.82) is 0 Å². The van der Waals surface area contributed by atoms with Crippen molar-refractivity contribution >= 4 is 0 Å². The Hall–Kier alpha value is -1.00. The summed E-state index contributed by atoms with van der Waals surface area (Å²) in [6, 6.07) is 3.43. The zero-order valence-electron chi connectivity index (χ0n) is 8.87. The normalized spacial score (nSPS) is 13.2. The Balaban J connectivity index is 2.63. The van der Waals surface area contributed by atoms with Crippen molar-refractivity contribution in [3.63, 3.8) is 0 Å². The molecule has 1 rings (SSSR count). The Labute approximate surface area is 88.1 Å². The van der Waals surface area contributed by atoms with Crippen LogP contribution in [0.1, 0.15) is 12.5 Å². The third-order valence-electron chi connectivity index (χ3n) is 1.95. The second-order valence-electron chi connectivity index (χ2n) is 3.82. The summed E-state index contributed by atoms with van der Waals surface area (Å²) in [5.74, 6) is -1.15. The molecular formula is C11H15F2NO. The molecule has 1 aromatic carbocycles. The quantitative estimate of drug-likeness (QED) is 0.827. The molecule has 0 aliphatic rings. The van der Waals surface area contributed by atoms with Gasteiger partial charge in [-0.2, -0.15) is 0 Å². The number of likely N-dealkylation sites (N-methyl/N-ethyl adjacent to an activating group) is 1. The van der Waals surface area contributed by atoms with E-state index in [4.69, 9.17) is 5.11 Å². The average Bonchev–Trinajstić information content (AvgIpc) is 1.98. The molecule has 0 saturated heterocycles. The predicted molar refractivity (Wildman–Crippen MR) is 54.4 cm³/mol. The molecule has 0 aliphatic carbocycles. The van der Waals surface area contributed by atoms with Crippen LogP contribution >= 0.6 is 0 Å². The van der Waals surface area contributed by atoms with E-state index < -0.39 is 17.7 Å². The zero-order valence-corrected chi connectivity index (χ0v) is 8.87. The smallest absolute Gasteiger partial charge is 0.126 e. The van der Waals surface area contributed by atoms with E-state index in [0.29, 0.717) is 18.7 Å². The van der Waals surface area contributed by atoms with E-state index in [2.05, 4.69) is 0 Å². The zero-order chi connectivity index (χ0) is 11.4. The first-order valence-electron chi connectivity index (χ1n) is 4.79. The third kappa shape index (κ3) is 4.36. The molecule has 0 radical (unpaired) electrons. The molecule has 1 unspecified atom stereocenters. The highest BCUT2D eigenvalue weighted by Gasteiger charge is 2.06. The summed E-state index contributed by atoms with van der Waals surface area (Å²) in [7, 11) is 1.79. The highest BCUT2D eigenvalue weighted by molar-refractivity contribution is 5.17. The van der Waals surface area contributed by atoms with Crippen LogP contribution in [-0.2, 0) is 6.54 Å². The monoisotopic (exact) mass is 215 g/mol. The van der Waals surface area contributed by atoms with Crippen molar-refractivity contribution in [3.8, 4) is 0 Å². The molecule has 1 atom stereocenters. The van der Waals surface area contributed by atoms with E-state index in [9.17, 15) is 8.78 Å². The Morgan fingerprint density at radius 2 is 1.80 bits per heavy atom. The lowest BCUT2D eigenvalue weighted by molar-refractivity contribution is 0.138. The fraction of sp³-hybridized carbons (Fsp3) is 0.455. The minimum Gasteiger partial charge on any atom is -0.392 e. The van der Waals surface area contributed by atoms with Crippen molar-refractivity contribution in [3.05, 3.63) is 35.4 Å². The molecular weight excluding hydrogens is 200 g/mol. The van der Waals surface area contributed by atoms with Crippen LogP contribution in [0.2, 0.25) is 0 Å². The maximum Gasteiger partial charge on any atom is 0.126 e. The average molecular weight is 215 g/mol. The summed E-state index contributed by atoms with van der Waals surface area (Å²) < 4.78 is 25.7. The van der Waals surface area contributed by atoms with E-state index in [1.807, 2.05) is 0 Å². The SMILES string of the molecule is CC(O)CN(C)Cc1cc(F)cc(F)c1. The first-order chi connectivity index (χ1) is 6.97. The van der Waals surface area contributed by atoms with Crippen molar-refractivity contribution in [2.45, 2.75) is 19.6 Å². The molecule has 0 spiro atoms. The van der Waals surface area contributed by atoms with Crippen molar-refractivity contribution in [2.75, 3.05) is 13.6 Å². The first kappa shape index (κ1) is 12.1. The Kier molecular flexibility index (Phi) is 4.17. The van der Waals surface area contributed by atoms with Gasteiger partial charge in [-0.25, -0.2) is 8.78 Å². The molecule has 0 aromatic heterocycles. The van der Waals surface area contributed by atoms with E-state index >= 15 is 0 Å². The topological polar surface area (TPSA) is 23.5 Å². The fourth-order valence-corrected chi connectivity index (χ4v) is 1.53. The molecule has 0 amide bonds. The van der Waals surface area contributed by atoms with Crippen molar-refractivity contribution in [1.82, 2.24) is 4.90 Å². The number of benzene rings is 1. The van der Waals surface area contributed by atoms with E-state index in [1.165, 1.54) is 12.1 Å². The van der Waals surface area contributed by atoms with Crippen LogP contribution < -0.4 is 0 Å². The van der Waals surface area contributed by atoms with Gasteiger partial charge in [0.15, 0.2) is 0 Å². The number of hydrogen-bond donors (Lipinski definition) is 1. The largest absolute Gasteiger partial charge is 0.392 e. The van der Waals surface area contributed by atoms with Crippen LogP contribution in [0.5, 0.6) is 0 Å². The summed E-state index contributed by atoms with van der Waals surface area (Å²) in [4.78, 5) is 1.80. The molecule has 1 aromatic rings. The second-order valence-corrected chi connectivity index (χ2v) is 3.82. The van der Waals surface area contributed by atoms with Crippen LogP contribution in [0.25, 0.3) is 0 Å². The minimum atomic E-state index is -0.574. The highest BCUT2D eigenvalue weighted by Crippen LogP contribution is 2.09. The molecule has 84 valence electrons. The molecule has 0 bridgehead atoms. The number of aliphatic hydroxyl groups is 1. The van der Waals surface area contributed by atoms with Crippen LogP contribution in [0, 0.1) is 11.6 Å². The number of aliphatic hydroxyl groups excluding tert-OH is 1. The van der Waals surface area contributed by atoms with Gasteiger partial charge in [-0.05, 0) is 31.7 Å². The van der Waals surface area contributed by atoms with E-state index in [1.54, 1.807) is 18.9 Å². The number of nitrogens with zero attached hydrogens (tertiary/aromatic N) is 1. The molecule has 2 nitrogen and oxygen atoms in total. The van der Waals surface area contributed by atoms with Crippen LogP contribution in [0.3, 0.4) is 0 Å². The Morgan fingerprint density at radius 1 is 1.27 bits per heavy atom. The van der Waals surface area contributed by atoms with Gasteiger partial charge < -0.3 is 5.11 Å². The van der Waals surface area contributed by atoms with Crippen LogP contribution in [0.15, 0.2) is 18.2 Å². The molecule has 0 aliphatic heterocycles. The lowest BCUT2D eigenvalue weighted by Gasteiger charge is -2.18. The fourth-order valence-electron chi connectivity index (χ4n) is 1.53. The van der Waals surface area contributed by atoms with Crippen molar-refractivity contribution in [2.24, 2.45) is 0 Å². The highest BCUT2D eigenvalue weighted by atomic mass is 19.1. The second kappa shape index (κ2) is 5.19. The number of hydrogen-bond acceptors (Lipinski definition) is 2. The minimum absolute atomic E-state index is 0.416. The maximum absolute atomic E-state index is 12.8. The molecule has 4 heteroatoms. The van der Waals surface area contributed by atoms with Crippen molar-refractivity contribution < 1.29 is 13.9 Å². The van der Waals surface area contributed by atoms with Crippen LogP contribution in [-0.4, -0.2) is 29.7 Å². The Bertz CT molecular complexity index is 308. The van der Waals surface area contributed by atoms with Gasteiger partial charge >= 0.3 is 0 Å². The van der Waals surface area contributed by atoms with Gasteiger partial charge in [-0.1, -0.05) is 0 Å². The maximum atomic E-state index is 12.8. The number of halogens is 2. The molecule has 0 saturated carbocycles. The molecule has 1 N–H and O–H groups in total. The number of rotatable bonds is 4. The summed E-state index contributed by atoms with van der Waals surface area (Å²) in [6.45, 7) is 2.56.